The molecule has 0 aliphatic rings. The van der Waals surface area contributed by atoms with E-state index in [0.29, 0.717) is 13.2 Å². The molecule has 3 heteroatoms. The maximum Gasteiger partial charge on any atom is 0.0897 e. The molecule has 0 bridgehead atoms. The summed E-state index contributed by atoms with van der Waals surface area (Å²) in [6.45, 7) is 9.12. The van der Waals surface area contributed by atoms with E-state index in [1.807, 2.05) is 13.8 Å². The third kappa shape index (κ3) is 7.72. The molecule has 0 fully saturated rings. The number of ether oxygens (including phenoxy) is 1. The summed E-state index contributed by atoms with van der Waals surface area (Å²) >= 11 is 0. The van der Waals surface area contributed by atoms with E-state index in [-0.39, 0.29) is 6.10 Å². The fraction of sp³-hybridized carbons (Fsp3) is 0.778. The molecule has 0 aliphatic heterocycles. The van der Waals surface area contributed by atoms with Crippen molar-refractivity contribution in [2.24, 2.45) is 0 Å². The van der Waals surface area contributed by atoms with Gasteiger partial charge < -0.3 is 15.2 Å². The highest BCUT2D eigenvalue weighted by atomic mass is 16.5. The van der Waals surface area contributed by atoms with Crippen LogP contribution in [-0.2, 0) is 4.74 Å². The van der Waals surface area contributed by atoms with Gasteiger partial charge >= 0.3 is 0 Å². The summed E-state index contributed by atoms with van der Waals surface area (Å²) in [5.74, 6) is 0. The number of nitrogens with one attached hydrogen (secondary N) is 1. The van der Waals surface area contributed by atoms with Gasteiger partial charge in [0.25, 0.3) is 0 Å². The van der Waals surface area contributed by atoms with Gasteiger partial charge in [-0.15, -0.1) is 6.58 Å². The SMILES string of the molecule is C=CCNCC(O)COC(C)C. The predicted molar refractivity (Wildman–Crippen MR) is 50.2 cm³/mol. The number of hydrogen-bond donors (Lipinski definition) is 2. The predicted octanol–water partition coefficient (Wildman–Crippen LogP) is 0.548. The van der Waals surface area contributed by atoms with E-state index in [4.69, 9.17) is 4.74 Å². The van der Waals surface area contributed by atoms with Crippen LogP contribution in [0.5, 0.6) is 0 Å². The zero-order valence-corrected chi connectivity index (χ0v) is 7.92. The van der Waals surface area contributed by atoms with Crippen molar-refractivity contribution in [2.75, 3.05) is 19.7 Å². The van der Waals surface area contributed by atoms with E-state index in [0.717, 1.165) is 6.54 Å². The molecule has 0 rings (SSSR count). The second-order valence-corrected chi connectivity index (χ2v) is 2.98. The van der Waals surface area contributed by atoms with Crippen LogP contribution in [0.25, 0.3) is 0 Å². The lowest BCUT2D eigenvalue weighted by Gasteiger charge is -2.13. The summed E-state index contributed by atoms with van der Waals surface area (Å²) in [4.78, 5) is 0. The average Bonchev–Trinajstić information content (AvgIpc) is 2.01. The molecule has 0 saturated carbocycles. The van der Waals surface area contributed by atoms with Crippen molar-refractivity contribution in [3.05, 3.63) is 12.7 Å². The Morgan fingerprint density at radius 2 is 2.25 bits per heavy atom. The van der Waals surface area contributed by atoms with Crippen LogP contribution in [-0.4, -0.2) is 37.0 Å². The summed E-state index contributed by atoms with van der Waals surface area (Å²) < 4.78 is 5.22. The van der Waals surface area contributed by atoms with Crippen molar-refractivity contribution in [2.45, 2.75) is 26.1 Å². The summed E-state index contributed by atoms with van der Waals surface area (Å²) in [5, 5.41) is 12.3. The molecular weight excluding hydrogens is 154 g/mol. The fourth-order valence-corrected chi connectivity index (χ4v) is 0.714. The molecule has 0 aliphatic carbocycles. The largest absolute Gasteiger partial charge is 0.389 e. The van der Waals surface area contributed by atoms with Crippen LogP contribution >= 0.6 is 0 Å². The average molecular weight is 173 g/mol. The van der Waals surface area contributed by atoms with Gasteiger partial charge in [-0.2, -0.15) is 0 Å². The molecule has 72 valence electrons. The molecule has 3 nitrogen and oxygen atoms in total. The van der Waals surface area contributed by atoms with E-state index in [1.165, 1.54) is 0 Å². The lowest BCUT2D eigenvalue weighted by molar-refractivity contribution is 0.00676. The van der Waals surface area contributed by atoms with Crippen LogP contribution in [0.3, 0.4) is 0 Å². The first-order chi connectivity index (χ1) is 5.66. The third-order valence-electron chi connectivity index (χ3n) is 1.29. The van der Waals surface area contributed by atoms with Gasteiger partial charge in [0, 0.05) is 13.1 Å². The molecule has 1 atom stereocenters. The van der Waals surface area contributed by atoms with E-state index >= 15 is 0 Å². The quantitative estimate of drug-likeness (QED) is 0.436. The first-order valence-corrected chi connectivity index (χ1v) is 4.28. The molecule has 0 aromatic rings. The van der Waals surface area contributed by atoms with Gasteiger partial charge in [-0.25, -0.2) is 0 Å². The maximum atomic E-state index is 9.30. The van der Waals surface area contributed by atoms with Crippen molar-refractivity contribution >= 4 is 0 Å². The van der Waals surface area contributed by atoms with E-state index in [1.54, 1.807) is 6.08 Å². The van der Waals surface area contributed by atoms with E-state index in [9.17, 15) is 5.11 Å². The molecule has 0 aromatic heterocycles. The number of rotatable bonds is 7. The van der Waals surface area contributed by atoms with Gasteiger partial charge in [-0.05, 0) is 13.8 Å². The van der Waals surface area contributed by atoms with Crippen LogP contribution in [0, 0.1) is 0 Å². The van der Waals surface area contributed by atoms with Crippen LogP contribution in [0.15, 0.2) is 12.7 Å². The normalized spacial score (nSPS) is 13.3. The van der Waals surface area contributed by atoms with Gasteiger partial charge in [0.2, 0.25) is 0 Å². The zero-order chi connectivity index (χ0) is 9.40. The van der Waals surface area contributed by atoms with Gasteiger partial charge in [0.1, 0.15) is 0 Å². The lowest BCUT2D eigenvalue weighted by Crippen LogP contribution is -2.31. The van der Waals surface area contributed by atoms with Gasteiger partial charge in [-0.3, -0.25) is 0 Å². The Morgan fingerprint density at radius 1 is 1.58 bits per heavy atom. The minimum Gasteiger partial charge on any atom is -0.389 e. The minimum atomic E-state index is -0.424. The number of aliphatic hydroxyl groups is 1. The van der Waals surface area contributed by atoms with Gasteiger partial charge in [-0.1, -0.05) is 6.08 Å². The Labute approximate surface area is 74.4 Å². The molecule has 0 heterocycles. The molecule has 0 amide bonds. The highest BCUT2D eigenvalue weighted by Gasteiger charge is 2.03. The van der Waals surface area contributed by atoms with Gasteiger partial charge in [0.05, 0.1) is 18.8 Å². The first-order valence-electron chi connectivity index (χ1n) is 4.28. The number of hydrogen-bond acceptors (Lipinski definition) is 3. The Morgan fingerprint density at radius 3 is 2.75 bits per heavy atom. The Balaban J connectivity index is 3.21. The van der Waals surface area contributed by atoms with Crippen molar-refractivity contribution in [1.82, 2.24) is 5.32 Å². The molecule has 1 unspecified atom stereocenters. The van der Waals surface area contributed by atoms with Crippen molar-refractivity contribution in [3.63, 3.8) is 0 Å². The Bertz CT molecular complexity index is 115. The Hall–Kier alpha value is -0.380. The van der Waals surface area contributed by atoms with Crippen LogP contribution in [0.4, 0.5) is 0 Å². The summed E-state index contributed by atoms with van der Waals surface area (Å²) in [6, 6.07) is 0. The molecular formula is C9H19NO2. The summed E-state index contributed by atoms with van der Waals surface area (Å²) in [5.41, 5.74) is 0. The lowest BCUT2D eigenvalue weighted by atomic mass is 10.3. The van der Waals surface area contributed by atoms with Crippen molar-refractivity contribution < 1.29 is 9.84 Å². The smallest absolute Gasteiger partial charge is 0.0897 e. The van der Waals surface area contributed by atoms with Crippen LogP contribution < -0.4 is 5.32 Å². The Kier molecular flexibility index (Phi) is 7.05. The van der Waals surface area contributed by atoms with Crippen molar-refractivity contribution in [3.8, 4) is 0 Å². The standard InChI is InChI=1S/C9H19NO2/c1-4-5-10-6-9(11)7-12-8(2)3/h4,8-11H,1,5-7H2,2-3H3. The maximum absolute atomic E-state index is 9.30. The van der Waals surface area contributed by atoms with Crippen LogP contribution in [0.2, 0.25) is 0 Å². The van der Waals surface area contributed by atoms with E-state index in [2.05, 4.69) is 11.9 Å². The van der Waals surface area contributed by atoms with E-state index < -0.39 is 6.10 Å². The van der Waals surface area contributed by atoms with Gasteiger partial charge in [0.15, 0.2) is 0 Å². The highest BCUT2D eigenvalue weighted by Crippen LogP contribution is 1.90. The second kappa shape index (κ2) is 7.28. The first kappa shape index (κ1) is 11.6. The minimum absolute atomic E-state index is 0.180. The monoisotopic (exact) mass is 173 g/mol. The molecule has 0 saturated heterocycles. The second-order valence-electron chi connectivity index (χ2n) is 2.98. The third-order valence-corrected chi connectivity index (χ3v) is 1.29. The summed E-state index contributed by atoms with van der Waals surface area (Å²) in [7, 11) is 0. The number of aliphatic hydroxyl groups excluding tert-OH is 1. The molecule has 12 heavy (non-hydrogen) atoms. The van der Waals surface area contributed by atoms with Crippen molar-refractivity contribution in [1.29, 1.82) is 0 Å². The topological polar surface area (TPSA) is 41.5 Å². The summed E-state index contributed by atoms with van der Waals surface area (Å²) in [6.07, 6.45) is 1.52. The molecule has 0 aromatic carbocycles. The molecule has 0 radical (unpaired) electrons. The molecule has 2 N–H and O–H groups in total. The van der Waals surface area contributed by atoms with Crippen LogP contribution in [0.1, 0.15) is 13.8 Å². The molecule has 0 spiro atoms. The zero-order valence-electron chi connectivity index (χ0n) is 7.92. The fourth-order valence-electron chi connectivity index (χ4n) is 0.714. The highest BCUT2D eigenvalue weighted by molar-refractivity contribution is 4.71.